The zero-order chi connectivity index (χ0) is 13.9. The third-order valence-corrected chi connectivity index (χ3v) is 2.67. The van der Waals surface area contributed by atoms with Gasteiger partial charge in [0.25, 0.3) is 0 Å². The average molecular weight is 288 g/mol. The minimum atomic E-state index is -4.49. The van der Waals surface area contributed by atoms with Gasteiger partial charge in [0.15, 0.2) is 11.5 Å². The van der Waals surface area contributed by atoms with Gasteiger partial charge in [0.05, 0.1) is 0 Å². The Hall–Kier alpha value is -1.82. The van der Waals surface area contributed by atoms with Gasteiger partial charge in [0.2, 0.25) is 0 Å². The van der Waals surface area contributed by atoms with E-state index in [0.717, 1.165) is 11.6 Å². The zero-order valence-corrected chi connectivity index (χ0v) is 10.3. The Balaban J connectivity index is 2.20. The molecule has 0 aliphatic carbocycles. The molecule has 1 aromatic heterocycles. The van der Waals surface area contributed by atoms with Gasteiger partial charge >= 0.3 is 6.18 Å². The van der Waals surface area contributed by atoms with Gasteiger partial charge in [-0.2, -0.15) is 13.2 Å². The molecule has 3 nitrogen and oxygen atoms in total. The van der Waals surface area contributed by atoms with Gasteiger partial charge in [-0.1, -0.05) is 18.2 Å². The van der Waals surface area contributed by atoms with E-state index in [1.54, 1.807) is 12.1 Å². The van der Waals surface area contributed by atoms with Crippen molar-refractivity contribution in [2.24, 2.45) is 0 Å². The molecule has 2 aromatic rings. The maximum absolute atomic E-state index is 12.3. The molecule has 19 heavy (non-hydrogen) atoms. The molecule has 0 radical (unpaired) electrons. The quantitative estimate of drug-likeness (QED) is 0.868. The van der Waals surface area contributed by atoms with Crippen LogP contribution in [0.1, 0.15) is 11.3 Å². The number of hydrogen-bond donors (Lipinski definition) is 1. The molecule has 0 unspecified atom stereocenters. The number of benzene rings is 1. The lowest BCUT2D eigenvalue weighted by molar-refractivity contribution is -0.141. The number of nitrogens with zero attached hydrogens (tertiary/aromatic N) is 2. The first-order valence-corrected chi connectivity index (χ1v) is 5.86. The van der Waals surface area contributed by atoms with Crippen molar-refractivity contribution in [3.8, 4) is 0 Å². The molecule has 0 aliphatic heterocycles. The fourth-order valence-corrected chi connectivity index (χ4v) is 1.68. The van der Waals surface area contributed by atoms with Crippen molar-refractivity contribution >= 4 is 23.1 Å². The van der Waals surface area contributed by atoms with Crippen LogP contribution in [-0.4, -0.2) is 10.2 Å². The molecule has 0 fully saturated rings. The molecule has 7 heteroatoms. The zero-order valence-electron chi connectivity index (χ0n) is 9.58. The number of rotatable bonds is 3. The van der Waals surface area contributed by atoms with E-state index >= 15 is 0 Å². The topological polar surface area (TPSA) is 37.8 Å². The summed E-state index contributed by atoms with van der Waals surface area (Å²) in [6.45, 7) is 0. The van der Waals surface area contributed by atoms with Crippen LogP contribution in [0.4, 0.5) is 24.7 Å². The summed E-state index contributed by atoms with van der Waals surface area (Å²) in [5, 5.41) is 9.50. The largest absolute Gasteiger partial charge is 0.435 e. The van der Waals surface area contributed by atoms with Crippen LogP contribution < -0.4 is 5.32 Å². The summed E-state index contributed by atoms with van der Waals surface area (Å²) < 4.78 is 37.0. The van der Waals surface area contributed by atoms with Crippen molar-refractivity contribution in [1.82, 2.24) is 10.2 Å². The summed E-state index contributed by atoms with van der Waals surface area (Å²) in [4.78, 5) is 0. The Bertz CT molecular complexity index is 555. The minimum absolute atomic E-state index is 0.227. The molecular weight excluding hydrogens is 279 g/mol. The summed E-state index contributed by atoms with van der Waals surface area (Å²) in [6, 6.07) is 9.28. The second-order valence-electron chi connectivity index (χ2n) is 3.72. The number of para-hydroxylation sites is 1. The van der Waals surface area contributed by atoms with Crippen LogP contribution >= 0.6 is 11.6 Å². The molecule has 1 heterocycles. The molecule has 0 atom stereocenters. The SMILES string of the molecule is FC(F)(F)c1ccc(Nc2ccccc2CCl)nn1. The van der Waals surface area contributed by atoms with E-state index in [0.29, 0.717) is 5.69 Å². The number of alkyl halides is 4. The van der Waals surface area contributed by atoms with E-state index in [-0.39, 0.29) is 11.7 Å². The van der Waals surface area contributed by atoms with E-state index in [1.165, 1.54) is 6.07 Å². The van der Waals surface area contributed by atoms with Crippen LogP contribution in [0.5, 0.6) is 0 Å². The van der Waals surface area contributed by atoms with Gasteiger partial charge in [0.1, 0.15) is 0 Å². The summed E-state index contributed by atoms with van der Waals surface area (Å²) in [5.74, 6) is 0.516. The molecule has 0 amide bonds. The smallest absolute Gasteiger partial charge is 0.338 e. The minimum Gasteiger partial charge on any atom is -0.338 e. The highest BCUT2D eigenvalue weighted by Crippen LogP contribution is 2.28. The Morgan fingerprint density at radius 1 is 1.05 bits per heavy atom. The van der Waals surface area contributed by atoms with Crippen molar-refractivity contribution < 1.29 is 13.2 Å². The first kappa shape index (κ1) is 13.6. The van der Waals surface area contributed by atoms with Crippen molar-refractivity contribution in [2.45, 2.75) is 12.1 Å². The molecule has 0 spiro atoms. The Morgan fingerprint density at radius 2 is 1.79 bits per heavy atom. The van der Waals surface area contributed by atoms with Crippen molar-refractivity contribution in [3.05, 3.63) is 47.7 Å². The summed E-state index contributed by atoms with van der Waals surface area (Å²) in [6.07, 6.45) is -4.49. The highest BCUT2D eigenvalue weighted by Gasteiger charge is 2.32. The van der Waals surface area contributed by atoms with Crippen molar-refractivity contribution in [2.75, 3.05) is 5.32 Å². The predicted octanol–water partition coefficient (Wildman–Crippen LogP) is 3.98. The molecule has 100 valence electrons. The Labute approximate surface area is 112 Å². The number of aromatic nitrogens is 2. The van der Waals surface area contributed by atoms with Crippen LogP contribution in [0.25, 0.3) is 0 Å². The highest BCUT2D eigenvalue weighted by molar-refractivity contribution is 6.17. The van der Waals surface area contributed by atoms with Gasteiger partial charge in [-0.05, 0) is 23.8 Å². The lowest BCUT2D eigenvalue weighted by Crippen LogP contribution is -2.09. The molecule has 1 aromatic carbocycles. The van der Waals surface area contributed by atoms with Crippen molar-refractivity contribution in [3.63, 3.8) is 0 Å². The second-order valence-corrected chi connectivity index (χ2v) is 3.98. The first-order valence-electron chi connectivity index (χ1n) is 5.32. The van der Waals surface area contributed by atoms with E-state index in [9.17, 15) is 13.2 Å². The van der Waals surface area contributed by atoms with Crippen LogP contribution in [0.15, 0.2) is 36.4 Å². The predicted molar refractivity (Wildman–Crippen MR) is 66.3 cm³/mol. The fourth-order valence-electron chi connectivity index (χ4n) is 1.45. The third-order valence-electron chi connectivity index (χ3n) is 2.38. The highest BCUT2D eigenvalue weighted by atomic mass is 35.5. The molecule has 0 aliphatic rings. The molecule has 0 saturated carbocycles. The maximum Gasteiger partial charge on any atom is 0.435 e. The van der Waals surface area contributed by atoms with Gasteiger partial charge in [-0.3, -0.25) is 0 Å². The lowest BCUT2D eigenvalue weighted by atomic mass is 10.2. The molecule has 2 rings (SSSR count). The van der Waals surface area contributed by atoms with E-state index in [2.05, 4.69) is 15.5 Å². The molecule has 0 saturated heterocycles. The average Bonchev–Trinajstić information content (AvgIpc) is 2.39. The second kappa shape index (κ2) is 5.44. The summed E-state index contributed by atoms with van der Waals surface area (Å²) in [5.41, 5.74) is 0.487. The van der Waals surface area contributed by atoms with Crippen LogP contribution in [0, 0.1) is 0 Å². The van der Waals surface area contributed by atoms with E-state index in [4.69, 9.17) is 11.6 Å². The maximum atomic E-state index is 12.3. The number of hydrogen-bond acceptors (Lipinski definition) is 3. The van der Waals surface area contributed by atoms with Gasteiger partial charge in [-0.25, -0.2) is 0 Å². The monoisotopic (exact) mass is 287 g/mol. The third kappa shape index (κ3) is 3.35. The standard InChI is InChI=1S/C12H9ClF3N3/c13-7-8-3-1-2-4-9(8)17-11-6-5-10(18-19-11)12(14,15)16/h1-6H,7H2,(H,17,19). The van der Waals surface area contributed by atoms with E-state index < -0.39 is 11.9 Å². The Kier molecular flexibility index (Phi) is 3.90. The number of anilines is 2. The normalized spacial score (nSPS) is 11.4. The van der Waals surface area contributed by atoms with Gasteiger partial charge < -0.3 is 5.32 Å². The number of nitrogens with one attached hydrogen (secondary N) is 1. The van der Waals surface area contributed by atoms with Crippen LogP contribution in [0.3, 0.4) is 0 Å². The summed E-state index contributed by atoms with van der Waals surface area (Å²) in [7, 11) is 0. The van der Waals surface area contributed by atoms with Gasteiger partial charge in [-0.15, -0.1) is 21.8 Å². The van der Waals surface area contributed by atoms with Crippen molar-refractivity contribution in [1.29, 1.82) is 0 Å². The summed E-state index contributed by atoms with van der Waals surface area (Å²) >= 11 is 5.76. The lowest BCUT2D eigenvalue weighted by Gasteiger charge is -2.10. The molecular formula is C12H9ClF3N3. The molecule has 0 bridgehead atoms. The van der Waals surface area contributed by atoms with Crippen LogP contribution in [0.2, 0.25) is 0 Å². The molecule has 1 N–H and O–H groups in total. The van der Waals surface area contributed by atoms with E-state index in [1.807, 2.05) is 12.1 Å². The fraction of sp³-hybridized carbons (Fsp3) is 0.167. The Morgan fingerprint density at radius 3 is 2.37 bits per heavy atom. The van der Waals surface area contributed by atoms with Gasteiger partial charge in [0, 0.05) is 11.6 Å². The number of halogens is 4. The first-order chi connectivity index (χ1) is 9.00. The van der Waals surface area contributed by atoms with Crippen LogP contribution in [-0.2, 0) is 12.1 Å².